The van der Waals surface area contributed by atoms with Gasteiger partial charge in [0.1, 0.15) is 6.23 Å². The summed E-state index contributed by atoms with van der Waals surface area (Å²) in [5, 5.41) is 13.2. The van der Waals surface area contributed by atoms with Gasteiger partial charge in [0.15, 0.2) is 6.23 Å². The van der Waals surface area contributed by atoms with Gasteiger partial charge in [-0.05, 0) is 28.1 Å². The molecule has 2 N–H and O–H groups in total. The Hall–Kier alpha value is -1.36. The van der Waals surface area contributed by atoms with Gasteiger partial charge in [0.25, 0.3) is 5.56 Å². The first-order valence-electron chi connectivity index (χ1n) is 5.34. The molecule has 1 aliphatic heterocycles. The molecule has 1 fully saturated rings. The van der Waals surface area contributed by atoms with Gasteiger partial charge in [-0.1, -0.05) is 12.0 Å². The quantitative estimate of drug-likeness (QED) is 0.331. The summed E-state index contributed by atoms with van der Waals surface area (Å²) >= 11 is 1.78. The van der Waals surface area contributed by atoms with E-state index in [2.05, 4.69) is 15.0 Å². The molecule has 9 nitrogen and oxygen atoms in total. The van der Waals surface area contributed by atoms with Crippen molar-refractivity contribution in [1.29, 1.82) is 0 Å². The summed E-state index contributed by atoms with van der Waals surface area (Å²) in [7, 11) is 0. The number of rotatable bonds is 2. The lowest BCUT2D eigenvalue weighted by Gasteiger charge is -2.17. The van der Waals surface area contributed by atoms with Crippen LogP contribution in [0, 0.1) is 9.49 Å². The lowest BCUT2D eigenvalue weighted by Crippen LogP contribution is -2.35. The zero-order chi connectivity index (χ0) is 14.2. The van der Waals surface area contributed by atoms with Crippen LogP contribution < -0.4 is 11.2 Å². The van der Waals surface area contributed by atoms with E-state index in [-0.39, 0.29) is 0 Å². The van der Waals surface area contributed by atoms with E-state index in [0.29, 0.717) is 3.57 Å². The second-order valence-electron chi connectivity index (χ2n) is 4.12. The van der Waals surface area contributed by atoms with E-state index < -0.39 is 35.7 Å². The Labute approximate surface area is 120 Å². The van der Waals surface area contributed by atoms with Gasteiger partial charge >= 0.3 is 5.69 Å². The number of nitrogens with one attached hydrogen (secondary N) is 1. The Balaban J connectivity index is 2.43. The van der Waals surface area contributed by atoms with Gasteiger partial charge in [-0.15, -0.1) is 0 Å². The minimum atomic E-state index is -1.05. The zero-order valence-corrected chi connectivity index (χ0v) is 11.9. The molecular weight excluding hydrogens is 369 g/mol. The minimum Gasteiger partial charge on any atom is -0.390 e. The molecule has 0 unspecified atom stereocenters. The SMILES string of the molecule is C[C@H]1[C@H](O)[C@H](N=[N+]=[N-])O[C@H]1n1cc(I)c(=O)[nH]c1=O. The van der Waals surface area contributed by atoms with Crippen LogP contribution in [0.5, 0.6) is 0 Å². The van der Waals surface area contributed by atoms with Gasteiger partial charge in [0.2, 0.25) is 0 Å². The summed E-state index contributed by atoms with van der Waals surface area (Å²) in [4.78, 5) is 27.7. The maximum Gasteiger partial charge on any atom is 0.330 e. The topological polar surface area (TPSA) is 133 Å². The molecule has 2 rings (SSSR count). The van der Waals surface area contributed by atoms with Crippen molar-refractivity contribution in [3.05, 3.63) is 41.0 Å². The molecule has 1 aromatic heterocycles. The number of hydrogen-bond acceptors (Lipinski definition) is 5. The van der Waals surface area contributed by atoms with Crippen molar-refractivity contribution in [1.82, 2.24) is 9.55 Å². The highest BCUT2D eigenvalue weighted by Gasteiger charge is 2.41. The highest BCUT2D eigenvalue weighted by molar-refractivity contribution is 14.1. The molecule has 1 saturated heterocycles. The van der Waals surface area contributed by atoms with Crippen molar-refractivity contribution < 1.29 is 9.84 Å². The summed E-state index contributed by atoms with van der Waals surface area (Å²) in [6.07, 6.45) is -1.53. The number of nitrogens with zero attached hydrogens (tertiary/aromatic N) is 4. The number of hydrogen-bond donors (Lipinski definition) is 2. The van der Waals surface area contributed by atoms with Gasteiger partial charge < -0.3 is 9.84 Å². The van der Waals surface area contributed by atoms with Gasteiger partial charge in [0, 0.05) is 17.0 Å². The summed E-state index contributed by atoms with van der Waals surface area (Å²) in [6, 6.07) is 0. The zero-order valence-electron chi connectivity index (χ0n) is 9.73. The van der Waals surface area contributed by atoms with Gasteiger partial charge in [0.05, 0.1) is 9.67 Å². The molecule has 0 aromatic carbocycles. The molecule has 19 heavy (non-hydrogen) atoms. The summed E-state index contributed by atoms with van der Waals surface area (Å²) in [5.41, 5.74) is 7.24. The second-order valence-corrected chi connectivity index (χ2v) is 5.28. The fraction of sp³-hybridized carbons (Fsp3) is 0.556. The fourth-order valence-electron chi connectivity index (χ4n) is 1.89. The number of aromatic amines is 1. The molecule has 0 saturated carbocycles. The molecule has 1 aromatic rings. The number of aromatic nitrogens is 2. The smallest absolute Gasteiger partial charge is 0.330 e. The maximum atomic E-state index is 11.7. The molecule has 0 amide bonds. The number of azide groups is 1. The molecule has 10 heteroatoms. The van der Waals surface area contributed by atoms with Crippen LogP contribution in [0.25, 0.3) is 10.4 Å². The van der Waals surface area contributed by atoms with Crippen molar-refractivity contribution in [2.75, 3.05) is 0 Å². The minimum absolute atomic E-state index is 0.315. The van der Waals surface area contributed by atoms with Crippen molar-refractivity contribution in [3.8, 4) is 0 Å². The van der Waals surface area contributed by atoms with E-state index in [4.69, 9.17) is 10.3 Å². The van der Waals surface area contributed by atoms with E-state index >= 15 is 0 Å². The van der Waals surface area contributed by atoms with Crippen LogP contribution in [0.15, 0.2) is 20.9 Å². The lowest BCUT2D eigenvalue weighted by molar-refractivity contribution is -0.0201. The third-order valence-electron chi connectivity index (χ3n) is 2.92. The average Bonchev–Trinajstić information content (AvgIpc) is 2.63. The molecule has 4 atom stereocenters. The Morgan fingerprint density at radius 2 is 2.32 bits per heavy atom. The first-order valence-corrected chi connectivity index (χ1v) is 6.42. The molecule has 2 heterocycles. The third-order valence-corrected chi connectivity index (χ3v) is 3.69. The molecular formula is C9H10IN5O4. The van der Waals surface area contributed by atoms with Crippen LogP contribution in [0.1, 0.15) is 13.2 Å². The van der Waals surface area contributed by atoms with E-state index in [1.54, 1.807) is 29.5 Å². The lowest BCUT2D eigenvalue weighted by atomic mass is 10.1. The van der Waals surface area contributed by atoms with Crippen LogP contribution in [-0.2, 0) is 4.74 Å². The Kier molecular flexibility index (Phi) is 3.94. The third kappa shape index (κ3) is 2.52. The maximum absolute atomic E-state index is 11.7. The summed E-state index contributed by atoms with van der Waals surface area (Å²) in [6.45, 7) is 1.66. The van der Waals surface area contributed by atoms with Gasteiger partial charge in [-0.2, -0.15) is 0 Å². The second kappa shape index (κ2) is 5.33. The standard InChI is InChI=1S/C9H10IN5O4/c1-3-5(16)7(13-14-11)19-8(3)15-2-4(10)6(17)12-9(15)18/h2-3,5,7-8,16H,1H3,(H,12,17,18)/t3-,5-,7+,8+/m0/s1. The van der Waals surface area contributed by atoms with Crippen LogP contribution >= 0.6 is 22.6 Å². The summed E-state index contributed by atoms with van der Waals surface area (Å²) in [5.74, 6) is -0.463. The van der Waals surface area contributed by atoms with Crippen molar-refractivity contribution in [3.63, 3.8) is 0 Å². The van der Waals surface area contributed by atoms with E-state index in [1.807, 2.05) is 0 Å². The van der Waals surface area contributed by atoms with E-state index in [9.17, 15) is 14.7 Å². The van der Waals surface area contributed by atoms with Crippen LogP contribution in [-0.4, -0.2) is 27.0 Å². The Bertz CT molecular complexity index is 649. The average molecular weight is 379 g/mol. The molecule has 0 bridgehead atoms. The number of ether oxygens (including phenoxy) is 1. The largest absolute Gasteiger partial charge is 0.390 e. The highest BCUT2D eigenvalue weighted by atomic mass is 127. The predicted molar refractivity (Wildman–Crippen MR) is 72.3 cm³/mol. The van der Waals surface area contributed by atoms with Gasteiger partial charge in [-0.3, -0.25) is 14.3 Å². The Morgan fingerprint density at radius 3 is 2.95 bits per heavy atom. The first-order chi connectivity index (χ1) is 8.95. The first kappa shape index (κ1) is 14.1. The molecule has 0 radical (unpaired) electrons. The van der Waals surface area contributed by atoms with Crippen LogP contribution in [0.2, 0.25) is 0 Å². The highest BCUT2D eigenvalue weighted by Crippen LogP contribution is 2.34. The fourth-order valence-corrected chi connectivity index (χ4v) is 2.33. The predicted octanol–water partition coefficient (Wildman–Crippen LogP) is 0.303. The summed E-state index contributed by atoms with van der Waals surface area (Å²) < 4.78 is 6.84. The van der Waals surface area contributed by atoms with Crippen molar-refractivity contribution in [2.45, 2.75) is 25.5 Å². The van der Waals surface area contributed by atoms with E-state index in [1.165, 1.54) is 10.8 Å². The monoisotopic (exact) mass is 379 g/mol. The number of H-pyrrole nitrogens is 1. The molecule has 0 aliphatic carbocycles. The van der Waals surface area contributed by atoms with Crippen molar-refractivity contribution in [2.24, 2.45) is 11.0 Å². The normalized spacial score (nSPS) is 30.1. The molecule has 1 aliphatic rings. The Morgan fingerprint density at radius 1 is 1.63 bits per heavy atom. The van der Waals surface area contributed by atoms with Crippen LogP contribution in [0.3, 0.4) is 0 Å². The molecule has 0 spiro atoms. The number of aliphatic hydroxyl groups is 1. The number of aliphatic hydroxyl groups excluding tert-OH is 1. The molecule has 102 valence electrons. The number of halogens is 1. The van der Waals surface area contributed by atoms with E-state index in [0.717, 1.165) is 0 Å². The van der Waals surface area contributed by atoms with Crippen molar-refractivity contribution >= 4 is 22.6 Å². The van der Waals surface area contributed by atoms with Gasteiger partial charge in [-0.25, -0.2) is 4.79 Å². The van der Waals surface area contributed by atoms with Crippen LogP contribution in [0.4, 0.5) is 0 Å².